The van der Waals surface area contributed by atoms with Gasteiger partial charge in [-0.2, -0.15) is 0 Å². The molecule has 10 heteroatoms. The van der Waals surface area contributed by atoms with Gasteiger partial charge in [-0.25, -0.2) is 0 Å². The molecule has 2 heterocycles. The van der Waals surface area contributed by atoms with Crippen molar-refractivity contribution < 1.29 is 33.0 Å². The highest BCUT2D eigenvalue weighted by molar-refractivity contribution is 6.74. The van der Waals surface area contributed by atoms with Gasteiger partial charge in [0.1, 0.15) is 0 Å². The number of hydrogen-bond donors (Lipinski definition) is 1. The maximum atomic E-state index is 12.3. The number of rotatable bonds is 16. The van der Waals surface area contributed by atoms with E-state index in [1.165, 1.54) is 4.90 Å². The van der Waals surface area contributed by atoms with Crippen LogP contribution in [0.3, 0.4) is 0 Å². The van der Waals surface area contributed by atoms with Crippen LogP contribution in [0.2, 0.25) is 18.1 Å². The van der Waals surface area contributed by atoms with Crippen molar-refractivity contribution in [2.24, 2.45) is 0 Å². The predicted molar refractivity (Wildman–Crippen MR) is 144 cm³/mol. The van der Waals surface area contributed by atoms with E-state index in [2.05, 4.69) is 39.2 Å². The summed E-state index contributed by atoms with van der Waals surface area (Å²) in [4.78, 5) is 25.8. The van der Waals surface area contributed by atoms with Crippen LogP contribution >= 0.6 is 0 Å². The molecule has 2 amide bonds. The number of amides is 2. The highest BCUT2D eigenvalue weighted by atomic mass is 28.4. The minimum absolute atomic E-state index is 0.199. The van der Waals surface area contributed by atoms with Crippen LogP contribution in [-0.2, 0) is 23.4 Å². The fourth-order valence-electron chi connectivity index (χ4n) is 3.98. The number of imide groups is 1. The molecule has 0 radical (unpaired) electrons. The highest BCUT2D eigenvalue weighted by Gasteiger charge is 2.38. The van der Waals surface area contributed by atoms with Crippen molar-refractivity contribution in [2.75, 3.05) is 65.9 Å². The Balaban J connectivity index is 1.12. The number of nitrogens with zero attached hydrogens (tertiary/aromatic N) is 1. The van der Waals surface area contributed by atoms with Gasteiger partial charge >= 0.3 is 0 Å². The Morgan fingerprint density at radius 1 is 0.892 bits per heavy atom. The number of carbonyl (C=O) groups excluding carboxylic acids is 2. The van der Waals surface area contributed by atoms with Gasteiger partial charge in [0.25, 0.3) is 11.8 Å². The smallest absolute Gasteiger partial charge is 0.261 e. The van der Waals surface area contributed by atoms with Crippen LogP contribution < -0.4 is 5.32 Å². The van der Waals surface area contributed by atoms with Crippen LogP contribution in [0.15, 0.2) is 24.3 Å². The van der Waals surface area contributed by atoms with Gasteiger partial charge in [0.15, 0.2) is 8.32 Å². The molecule has 1 N–H and O–H groups in total. The predicted octanol–water partition coefficient (Wildman–Crippen LogP) is 3.10. The van der Waals surface area contributed by atoms with Crippen LogP contribution in [-0.4, -0.2) is 103 Å². The van der Waals surface area contributed by atoms with Gasteiger partial charge in [-0.15, -0.1) is 0 Å². The zero-order valence-corrected chi connectivity index (χ0v) is 24.0. The molecular weight excluding hydrogens is 492 g/mol. The number of nitrogens with one attached hydrogen (secondary N) is 1. The Morgan fingerprint density at radius 2 is 1.43 bits per heavy atom. The number of fused-ring (bicyclic) bond motifs is 1. The SMILES string of the molecule is CC(C)(C)[Si](C)(C)OC[C@@H]1C[C@@H](OCCOCCOCCOCCN2C(=O)c3ccccc3C2=O)CN1. The topological polar surface area (TPSA) is 95.6 Å². The van der Waals surface area contributed by atoms with E-state index < -0.39 is 8.32 Å². The third-order valence-electron chi connectivity index (χ3n) is 7.30. The lowest BCUT2D eigenvalue weighted by molar-refractivity contribution is -0.0158. The zero-order chi connectivity index (χ0) is 26.9. The minimum Gasteiger partial charge on any atom is -0.415 e. The van der Waals surface area contributed by atoms with Gasteiger partial charge in [0.2, 0.25) is 0 Å². The molecule has 1 saturated heterocycles. The molecule has 0 unspecified atom stereocenters. The van der Waals surface area contributed by atoms with E-state index in [9.17, 15) is 9.59 Å². The Kier molecular flexibility index (Phi) is 11.3. The monoisotopic (exact) mass is 536 g/mol. The number of carbonyl (C=O) groups is 2. The van der Waals surface area contributed by atoms with Crippen molar-refractivity contribution in [1.82, 2.24) is 10.2 Å². The lowest BCUT2D eigenvalue weighted by atomic mass is 10.1. The molecule has 0 aliphatic carbocycles. The second-order valence-corrected chi connectivity index (χ2v) is 15.9. The fourth-order valence-corrected chi connectivity index (χ4v) is 5.03. The first-order chi connectivity index (χ1) is 17.6. The molecule has 37 heavy (non-hydrogen) atoms. The van der Waals surface area contributed by atoms with Gasteiger partial charge in [-0.05, 0) is 36.7 Å². The van der Waals surface area contributed by atoms with E-state index in [1.54, 1.807) is 24.3 Å². The molecule has 0 bridgehead atoms. The van der Waals surface area contributed by atoms with E-state index >= 15 is 0 Å². The van der Waals surface area contributed by atoms with Crippen molar-refractivity contribution in [2.45, 2.75) is 57.5 Å². The summed E-state index contributed by atoms with van der Waals surface area (Å²) < 4.78 is 28.9. The molecule has 208 valence electrons. The van der Waals surface area contributed by atoms with Crippen LogP contribution in [0.4, 0.5) is 0 Å². The number of ether oxygens (including phenoxy) is 4. The minimum atomic E-state index is -1.72. The summed E-state index contributed by atoms with van der Waals surface area (Å²) in [7, 11) is -1.72. The Morgan fingerprint density at radius 3 is 2.00 bits per heavy atom. The second-order valence-electron chi connectivity index (χ2n) is 11.0. The van der Waals surface area contributed by atoms with Gasteiger partial charge in [-0.1, -0.05) is 32.9 Å². The third-order valence-corrected chi connectivity index (χ3v) is 11.8. The third kappa shape index (κ3) is 8.67. The van der Waals surface area contributed by atoms with Gasteiger partial charge in [0, 0.05) is 19.2 Å². The normalized spacial score (nSPS) is 20.2. The van der Waals surface area contributed by atoms with E-state index in [0.717, 1.165) is 19.6 Å². The molecule has 0 saturated carbocycles. The van der Waals surface area contributed by atoms with Crippen molar-refractivity contribution >= 4 is 20.1 Å². The Bertz CT molecular complexity index is 855. The molecule has 2 atom stereocenters. The lowest BCUT2D eigenvalue weighted by Crippen LogP contribution is -2.43. The number of benzene rings is 1. The standard InChI is InChI=1S/C27H44N2O7Si/c1-27(2,3)37(4,5)36-20-21-18-22(19-28-21)35-17-16-34-15-14-33-13-12-32-11-10-29-25(30)23-8-6-7-9-24(23)26(29)31/h6-9,21-22,28H,10-20H2,1-5H3/t21-,22+/m0/s1. The maximum absolute atomic E-state index is 12.3. The lowest BCUT2D eigenvalue weighted by Gasteiger charge is -2.37. The largest absolute Gasteiger partial charge is 0.415 e. The average Bonchev–Trinajstić information content (AvgIpc) is 3.41. The van der Waals surface area contributed by atoms with Crippen LogP contribution in [0.1, 0.15) is 47.9 Å². The van der Waals surface area contributed by atoms with Gasteiger partial charge in [-0.3, -0.25) is 14.5 Å². The van der Waals surface area contributed by atoms with Crippen LogP contribution in [0.25, 0.3) is 0 Å². The summed E-state index contributed by atoms with van der Waals surface area (Å²) >= 11 is 0. The number of hydrogen-bond acceptors (Lipinski definition) is 8. The average molecular weight is 537 g/mol. The summed E-state index contributed by atoms with van der Waals surface area (Å²) in [6.07, 6.45) is 1.16. The highest BCUT2D eigenvalue weighted by Crippen LogP contribution is 2.36. The summed E-state index contributed by atoms with van der Waals surface area (Å²) in [6.45, 7) is 16.3. The van der Waals surface area contributed by atoms with E-state index in [-0.39, 0.29) is 36.1 Å². The molecule has 0 aromatic heterocycles. The first kappa shape index (κ1) is 29.9. The molecule has 9 nitrogen and oxygen atoms in total. The second kappa shape index (κ2) is 13.9. The maximum Gasteiger partial charge on any atom is 0.261 e. The van der Waals surface area contributed by atoms with E-state index in [4.69, 9.17) is 23.4 Å². The summed E-state index contributed by atoms with van der Waals surface area (Å²) in [5.74, 6) is -0.525. The first-order valence-electron chi connectivity index (χ1n) is 13.3. The Labute approximate surface area is 222 Å². The quantitative estimate of drug-likeness (QED) is 0.196. The first-order valence-corrected chi connectivity index (χ1v) is 16.2. The van der Waals surface area contributed by atoms with Gasteiger partial charge in [0.05, 0.1) is 70.0 Å². The zero-order valence-electron chi connectivity index (χ0n) is 23.0. The van der Waals surface area contributed by atoms with Gasteiger partial charge < -0.3 is 28.7 Å². The van der Waals surface area contributed by atoms with Crippen molar-refractivity contribution in [3.63, 3.8) is 0 Å². The van der Waals surface area contributed by atoms with E-state index in [0.29, 0.717) is 56.8 Å². The molecule has 3 rings (SSSR count). The Hall–Kier alpha value is -1.66. The van der Waals surface area contributed by atoms with Crippen molar-refractivity contribution in [3.8, 4) is 0 Å². The molecular formula is C27H44N2O7Si. The van der Waals surface area contributed by atoms with Crippen molar-refractivity contribution in [1.29, 1.82) is 0 Å². The summed E-state index contributed by atoms with van der Waals surface area (Å²) in [5.41, 5.74) is 0.911. The van der Waals surface area contributed by atoms with E-state index in [1.807, 2.05) is 0 Å². The molecule has 1 fully saturated rings. The molecule has 2 aliphatic rings. The summed E-state index contributed by atoms with van der Waals surface area (Å²) in [5, 5.41) is 3.73. The van der Waals surface area contributed by atoms with Crippen molar-refractivity contribution in [3.05, 3.63) is 35.4 Å². The summed E-state index contributed by atoms with van der Waals surface area (Å²) in [6, 6.07) is 7.21. The fraction of sp³-hybridized carbons (Fsp3) is 0.704. The molecule has 2 aliphatic heterocycles. The molecule has 0 spiro atoms. The molecule has 1 aromatic rings. The van der Waals surface area contributed by atoms with Crippen LogP contribution in [0.5, 0.6) is 0 Å². The molecule has 1 aromatic carbocycles. The van der Waals surface area contributed by atoms with Crippen LogP contribution in [0, 0.1) is 0 Å².